The van der Waals surface area contributed by atoms with Gasteiger partial charge in [0.05, 0.1) is 16.7 Å². The molecule has 49 heavy (non-hydrogen) atoms. The Balaban J connectivity index is 1.16. The van der Waals surface area contributed by atoms with Crippen LogP contribution in [0.1, 0.15) is 18.4 Å². The largest absolute Gasteiger partial charge is 0.387 e. The summed E-state index contributed by atoms with van der Waals surface area (Å²) in [5, 5.41) is 11.1. The van der Waals surface area contributed by atoms with E-state index in [0.717, 1.165) is 12.8 Å². The van der Waals surface area contributed by atoms with Gasteiger partial charge in [0, 0.05) is 58.5 Å². The van der Waals surface area contributed by atoms with Crippen molar-refractivity contribution in [2.45, 2.75) is 12.8 Å². The SMILES string of the molecule is CNc1c(-c2ccccc2)ccc2ccc3cc(N(C)C4=C(c5ccc6c(c5)c5ccccc5n6-c5ccccc5)C=CCC4)ccc3c12. The number of hydrogen-bond donors (Lipinski definition) is 1. The van der Waals surface area contributed by atoms with Gasteiger partial charge in [-0.2, -0.15) is 0 Å². The molecule has 9 rings (SSSR count). The fraction of sp³-hybridized carbons (Fsp3) is 0.0870. The van der Waals surface area contributed by atoms with Gasteiger partial charge in [0.1, 0.15) is 0 Å². The standard InChI is InChI=1S/C46H37N3/c1-47-46-39(31-13-5-3-6-14-31)26-23-32-21-22-33-29-36(25-27-38(33)45(32)46)48(2)42-19-11-9-17-37(42)34-24-28-44-41(30-34)40-18-10-12-20-43(40)49(44)35-15-7-4-8-16-35/h3-10,12-18,20-30,47H,11,19H2,1-2H3. The van der Waals surface area contributed by atoms with Crippen LogP contribution < -0.4 is 10.2 Å². The Morgan fingerprint density at radius 1 is 0.612 bits per heavy atom. The highest BCUT2D eigenvalue weighted by atomic mass is 15.1. The highest BCUT2D eigenvalue weighted by Gasteiger charge is 2.19. The van der Waals surface area contributed by atoms with Crippen molar-refractivity contribution in [2.24, 2.45) is 0 Å². The summed E-state index contributed by atoms with van der Waals surface area (Å²) in [4.78, 5) is 2.40. The van der Waals surface area contributed by atoms with E-state index in [2.05, 4.69) is 180 Å². The number of nitrogens with one attached hydrogen (secondary N) is 1. The molecule has 0 unspecified atom stereocenters. The van der Waals surface area contributed by atoms with Gasteiger partial charge < -0.3 is 14.8 Å². The molecule has 3 heteroatoms. The number of fused-ring (bicyclic) bond motifs is 6. The predicted molar refractivity (Wildman–Crippen MR) is 211 cm³/mol. The van der Waals surface area contributed by atoms with Crippen molar-refractivity contribution in [3.63, 3.8) is 0 Å². The normalized spacial score (nSPS) is 13.2. The first-order chi connectivity index (χ1) is 24.2. The van der Waals surface area contributed by atoms with Crippen LogP contribution in [0.3, 0.4) is 0 Å². The summed E-state index contributed by atoms with van der Waals surface area (Å²) >= 11 is 0. The molecule has 1 aliphatic carbocycles. The number of rotatable bonds is 6. The molecule has 0 spiro atoms. The number of anilines is 2. The summed E-state index contributed by atoms with van der Waals surface area (Å²) in [6, 6.07) is 53.0. The van der Waals surface area contributed by atoms with Gasteiger partial charge in [-0.25, -0.2) is 0 Å². The number of aromatic nitrogens is 1. The van der Waals surface area contributed by atoms with E-state index in [0.29, 0.717) is 0 Å². The van der Waals surface area contributed by atoms with Crippen molar-refractivity contribution >= 4 is 60.3 Å². The highest BCUT2D eigenvalue weighted by molar-refractivity contribution is 6.17. The quantitative estimate of drug-likeness (QED) is 0.184. The third kappa shape index (κ3) is 4.81. The summed E-state index contributed by atoms with van der Waals surface area (Å²) in [5.41, 5.74) is 12.3. The van der Waals surface area contributed by atoms with E-state index >= 15 is 0 Å². The first kappa shape index (κ1) is 29.1. The number of para-hydroxylation sites is 2. The Morgan fingerprint density at radius 3 is 2.18 bits per heavy atom. The van der Waals surface area contributed by atoms with Gasteiger partial charge in [0.2, 0.25) is 0 Å². The van der Waals surface area contributed by atoms with E-state index in [-0.39, 0.29) is 0 Å². The second-order valence-electron chi connectivity index (χ2n) is 13.0. The van der Waals surface area contributed by atoms with Gasteiger partial charge in [0.15, 0.2) is 0 Å². The molecule has 0 atom stereocenters. The fourth-order valence-electron chi connectivity index (χ4n) is 7.88. The molecular formula is C46H37N3. The maximum atomic E-state index is 3.55. The van der Waals surface area contributed by atoms with Crippen molar-refractivity contribution in [3.8, 4) is 16.8 Å². The van der Waals surface area contributed by atoms with Crippen LogP contribution in [0, 0.1) is 0 Å². The van der Waals surface area contributed by atoms with Gasteiger partial charge >= 0.3 is 0 Å². The van der Waals surface area contributed by atoms with E-state index in [4.69, 9.17) is 0 Å². The Labute approximate surface area is 287 Å². The smallest absolute Gasteiger partial charge is 0.0541 e. The number of allylic oxidation sites excluding steroid dienone is 4. The lowest BCUT2D eigenvalue weighted by Gasteiger charge is -2.28. The molecule has 236 valence electrons. The Hall–Kier alpha value is -6.06. The van der Waals surface area contributed by atoms with Crippen LogP contribution in [-0.2, 0) is 0 Å². The van der Waals surface area contributed by atoms with Gasteiger partial charge in [-0.15, -0.1) is 0 Å². The molecule has 0 saturated carbocycles. The predicted octanol–water partition coefficient (Wildman–Crippen LogP) is 12.0. The number of benzene rings is 7. The van der Waals surface area contributed by atoms with Crippen LogP contribution in [0.25, 0.3) is 65.7 Å². The average Bonchev–Trinajstić information content (AvgIpc) is 3.51. The van der Waals surface area contributed by atoms with Crippen LogP contribution in [0.4, 0.5) is 11.4 Å². The van der Waals surface area contributed by atoms with Gasteiger partial charge in [-0.3, -0.25) is 0 Å². The van der Waals surface area contributed by atoms with E-state index in [1.54, 1.807) is 0 Å². The molecule has 1 aromatic heterocycles. The second kappa shape index (κ2) is 11.9. The maximum absolute atomic E-state index is 3.55. The van der Waals surface area contributed by atoms with Crippen molar-refractivity contribution in [3.05, 3.63) is 169 Å². The van der Waals surface area contributed by atoms with Crippen LogP contribution in [-0.4, -0.2) is 18.7 Å². The van der Waals surface area contributed by atoms with E-state index in [1.807, 2.05) is 7.05 Å². The fourth-order valence-corrected chi connectivity index (χ4v) is 7.88. The molecule has 0 radical (unpaired) electrons. The third-order valence-corrected chi connectivity index (χ3v) is 10.3. The Kier molecular flexibility index (Phi) is 7.05. The first-order valence-electron chi connectivity index (χ1n) is 17.1. The summed E-state index contributed by atoms with van der Waals surface area (Å²) in [6.07, 6.45) is 6.67. The molecule has 1 N–H and O–H groups in total. The van der Waals surface area contributed by atoms with Crippen LogP contribution >= 0.6 is 0 Å². The molecule has 0 fully saturated rings. The molecule has 0 aliphatic heterocycles. The minimum atomic E-state index is 0.992. The zero-order chi connectivity index (χ0) is 32.9. The number of hydrogen-bond acceptors (Lipinski definition) is 2. The van der Waals surface area contributed by atoms with Gasteiger partial charge in [-0.1, -0.05) is 115 Å². The number of nitrogens with zero attached hydrogens (tertiary/aromatic N) is 2. The Morgan fingerprint density at radius 2 is 1.35 bits per heavy atom. The summed E-state index contributed by atoms with van der Waals surface area (Å²) in [7, 11) is 4.26. The lowest BCUT2D eigenvalue weighted by molar-refractivity contribution is 0.903. The van der Waals surface area contributed by atoms with Crippen molar-refractivity contribution < 1.29 is 0 Å². The summed E-state index contributed by atoms with van der Waals surface area (Å²) in [5.74, 6) is 0. The van der Waals surface area contributed by atoms with Crippen molar-refractivity contribution in [1.82, 2.24) is 4.57 Å². The zero-order valence-corrected chi connectivity index (χ0v) is 27.8. The molecule has 1 aliphatic rings. The molecule has 1 heterocycles. The molecule has 0 bridgehead atoms. The molecular weight excluding hydrogens is 595 g/mol. The lowest BCUT2D eigenvalue weighted by Crippen LogP contribution is -2.19. The van der Waals surface area contributed by atoms with Crippen LogP contribution in [0.2, 0.25) is 0 Å². The zero-order valence-electron chi connectivity index (χ0n) is 27.8. The Bertz CT molecular complexity index is 2590. The summed E-state index contributed by atoms with van der Waals surface area (Å²) in [6.45, 7) is 0. The van der Waals surface area contributed by atoms with Crippen molar-refractivity contribution in [1.29, 1.82) is 0 Å². The minimum absolute atomic E-state index is 0.992. The third-order valence-electron chi connectivity index (χ3n) is 10.3. The molecule has 3 nitrogen and oxygen atoms in total. The molecule has 0 amide bonds. The highest BCUT2D eigenvalue weighted by Crippen LogP contribution is 2.41. The van der Waals surface area contributed by atoms with Gasteiger partial charge in [-0.05, 0) is 82.6 Å². The van der Waals surface area contributed by atoms with Crippen LogP contribution in [0.15, 0.2) is 163 Å². The van der Waals surface area contributed by atoms with Gasteiger partial charge in [0.25, 0.3) is 0 Å². The minimum Gasteiger partial charge on any atom is -0.387 e. The molecule has 8 aromatic rings. The van der Waals surface area contributed by atoms with E-state index < -0.39 is 0 Å². The average molecular weight is 632 g/mol. The van der Waals surface area contributed by atoms with Crippen LogP contribution in [0.5, 0.6) is 0 Å². The monoisotopic (exact) mass is 631 g/mol. The molecule has 7 aromatic carbocycles. The maximum Gasteiger partial charge on any atom is 0.0541 e. The lowest BCUT2D eigenvalue weighted by atomic mass is 9.93. The second-order valence-corrected chi connectivity index (χ2v) is 13.0. The van der Waals surface area contributed by atoms with E-state index in [1.165, 1.54) is 88.4 Å². The molecule has 0 saturated heterocycles. The summed E-state index contributed by atoms with van der Waals surface area (Å²) < 4.78 is 2.38. The van der Waals surface area contributed by atoms with Crippen molar-refractivity contribution in [2.75, 3.05) is 24.3 Å². The van der Waals surface area contributed by atoms with E-state index in [9.17, 15) is 0 Å². The topological polar surface area (TPSA) is 20.2 Å². The first-order valence-corrected chi connectivity index (χ1v) is 17.1.